The summed E-state index contributed by atoms with van der Waals surface area (Å²) in [5.41, 5.74) is 0. The van der Waals surface area contributed by atoms with Gasteiger partial charge in [0, 0.05) is 6.54 Å². The Morgan fingerprint density at radius 2 is 2.07 bits per heavy atom. The van der Waals surface area contributed by atoms with Crippen molar-refractivity contribution in [2.45, 2.75) is 24.7 Å². The maximum atomic E-state index is 12.4. The maximum Gasteiger partial charge on any atom is 0.393 e. The van der Waals surface area contributed by atoms with Crippen molar-refractivity contribution < 1.29 is 23.1 Å². The lowest BCUT2D eigenvalue weighted by Gasteiger charge is -2.38. The van der Waals surface area contributed by atoms with E-state index in [1.165, 1.54) is 0 Å². The predicted molar refractivity (Wildman–Crippen MR) is 40.9 cm³/mol. The van der Waals surface area contributed by atoms with Gasteiger partial charge in [-0.15, -0.1) is 0 Å². The molecule has 0 radical (unpaired) electrons. The first-order chi connectivity index (χ1) is 6.36. The first kappa shape index (κ1) is 11.4. The number of nitrogens with zero attached hydrogens (tertiary/aromatic N) is 1. The highest BCUT2D eigenvalue weighted by molar-refractivity contribution is 5.58. The fourth-order valence-electron chi connectivity index (χ4n) is 1.60. The van der Waals surface area contributed by atoms with Crippen LogP contribution in [0.25, 0.3) is 0 Å². The van der Waals surface area contributed by atoms with Crippen molar-refractivity contribution in [1.82, 2.24) is 5.01 Å². The summed E-state index contributed by atoms with van der Waals surface area (Å²) in [7, 11) is 0. The van der Waals surface area contributed by atoms with E-state index in [1.54, 1.807) is 0 Å². The number of hydrogen-bond donors (Lipinski definition) is 2. The zero-order valence-corrected chi connectivity index (χ0v) is 7.24. The molecule has 1 fully saturated rings. The third-order valence-electron chi connectivity index (χ3n) is 2.30. The number of halogens is 3. The van der Waals surface area contributed by atoms with E-state index in [2.05, 4.69) is 0 Å². The number of aldehydes is 1. The van der Waals surface area contributed by atoms with E-state index in [1.807, 2.05) is 0 Å². The average Bonchev–Trinajstić information content (AvgIpc) is 2.01. The first-order valence-corrected chi connectivity index (χ1v) is 4.07. The van der Waals surface area contributed by atoms with Crippen LogP contribution in [0.2, 0.25) is 0 Å². The van der Waals surface area contributed by atoms with Crippen molar-refractivity contribution >= 4 is 6.29 Å². The van der Waals surface area contributed by atoms with E-state index in [4.69, 9.17) is 10.9 Å². The van der Waals surface area contributed by atoms with Gasteiger partial charge in [0.15, 0.2) is 0 Å². The second-order valence-corrected chi connectivity index (χ2v) is 3.36. The summed E-state index contributed by atoms with van der Waals surface area (Å²) >= 11 is 0. The second kappa shape index (κ2) is 3.84. The molecular formula is C7H11F3N2O2. The molecule has 3 atom stereocenters. The van der Waals surface area contributed by atoms with Crippen LogP contribution >= 0.6 is 0 Å². The zero-order valence-electron chi connectivity index (χ0n) is 7.24. The van der Waals surface area contributed by atoms with Crippen LogP contribution in [0.1, 0.15) is 6.42 Å². The minimum Gasteiger partial charge on any atom is -0.392 e. The van der Waals surface area contributed by atoms with Crippen LogP contribution in [-0.2, 0) is 4.79 Å². The molecule has 0 aromatic rings. The molecule has 1 saturated heterocycles. The van der Waals surface area contributed by atoms with E-state index in [9.17, 15) is 18.0 Å². The van der Waals surface area contributed by atoms with E-state index in [0.717, 1.165) is 5.01 Å². The van der Waals surface area contributed by atoms with Gasteiger partial charge in [-0.1, -0.05) is 0 Å². The minimum atomic E-state index is -4.51. The fraction of sp³-hybridized carbons (Fsp3) is 0.857. The Morgan fingerprint density at radius 3 is 2.50 bits per heavy atom. The van der Waals surface area contributed by atoms with Gasteiger partial charge in [-0.3, -0.25) is 5.84 Å². The number of alkyl halides is 3. The smallest absolute Gasteiger partial charge is 0.392 e. The molecule has 82 valence electrons. The molecule has 1 aliphatic heterocycles. The Kier molecular flexibility index (Phi) is 3.13. The van der Waals surface area contributed by atoms with Gasteiger partial charge in [0.25, 0.3) is 0 Å². The van der Waals surface area contributed by atoms with Crippen LogP contribution < -0.4 is 5.84 Å². The van der Waals surface area contributed by atoms with Crippen LogP contribution in [0, 0.1) is 5.92 Å². The lowest BCUT2D eigenvalue weighted by molar-refractivity contribution is -0.209. The molecule has 0 aromatic heterocycles. The van der Waals surface area contributed by atoms with Gasteiger partial charge in [-0.25, -0.2) is 5.01 Å². The summed E-state index contributed by atoms with van der Waals surface area (Å²) < 4.78 is 37.1. The molecule has 3 N–H and O–H groups in total. The fourth-order valence-corrected chi connectivity index (χ4v) is 1.60. The second-order valence-electron chi connectivity index (χ2n) is 3.36. The molecule has 7 heteroatoms. The van der Waals surface area contributed by atoms with Crippen molar-refractivity contribution in [3.8, 4) is 0 Å². The summed E-state index contributed by atoms with van der Waals surface area (Å²) in [4.78, 5) is 10.4. The van der Waals surface area contributed by atoms with Crippen LogP contribution in [0.4, 0.5) is 13.2 Å². The van der Waals surface area contributed by atoms with Crippen LogP contribution in [0.3, 0.4) is 0 Å². The van der Waals surface area contributed by atoms with Crippen molar-refractivity contribution in [2.24, 2.45) is 11.8 Å². The van der Waals surface area contributed by atoms with Crippen molar-refractivity contribution in [3.63, 3.8) is 0 Å². The monoisotopic (exact) mass is 212 g/mol. The third-order valence-corrected chi connectivity index (χ3v) is 2.30. The number of nitrogens with two attached hydrogens (primary N) is 1. The highest BCUT2D eigenvalue weighted by Gasteiger charge is 2.49. The number of rotatable bonds is 1. The maximum absolute atomic E-state index is 12.4. The molecule has 0 aromatic carbocycles. The highest BCUT2D eigenvalue weighted by atomic mass is 19.4. The summed E-state index contributed by atoms with van der Waals surface area (Å²) in [5, 5.41) is 9.82. The van der Waals surface area contributed by atoms with E-state index in [-0.39, 0.29) is 12.8 Å². The van der Waals surface area contributed by atoms with E-state index < -0.39 is 30.7 Å². The Balaban J connectivity index is 2.83. The molecule has 0 amide bonds. The molecule has 0 aliphatic carbocycles. The number of carbonyl (C=O) groups is 1. The number of carbonyl (C=O) groups excluding carboxylic acids is 1. The lowest BCUT2D eigenvalue weighted by Crippen LogP contribution is -2.58. The molecule has 3 unspecified atom stereocenters. The highest BCUT2D eigenvalue weighted by Crippen LogP contribution is 2.35. The lowest BCUT2D eigenvalue weighted by atomic mass is 9.89. The van der Waals surface area contributed by atoms with E-state index >= 15 is 0 Å². The van der Waals surface area contributed by atoms with Gasteiger partial charge in [0.05, 0.1) is 18.1 Å². The Hall–Kier alpha value is -0.660. The van der Waals surface area contributed by atoms with Crippen molar-refractivity contribution in [1.29, 1.82) is 0 Å². The quantitative estimate of drug-likeness (QED) is 0.461. The molecule has 4 nitrogen and oxygen atoms in total. The number of aliphatic hydroxyl groups excluding tert-OH is 1. The SMILES string of the molecule is NN1CC(O)CC(C(F)(F)F)C1C=O. The van der Waals surface area contributed by atoms with Gasteiger partial charge < -0.3 is 9.90 Å². The molecule has 0 saturated carbocycles. The summed E-state index contributed by atoms with van der Waals surface area (Å²) in [6, 6.07) is -1.39. The van der Waals surface area contributed by atoms with Crippen LogP contribution in [-0.4, -0.2) is 41.3 Å². The number of hydrogen-bond acceptors (Lipinski definition) is 4. The average molecular weight is 212 g/mol. The first-order valence-electron chi connectivity index (χ1n) is 4.07. The van der Waals surface area contributed by atoms with Gasteiger partial charge >= 0.3 is 6.18 Å². The van der Waals surface area contributed by atoms with Crippen LogP contribution in [0.5, 0.6) is 0 Å². The topological polar surface area (TPSA) is 66.6 Å². The molecule has 0 spiro atoms. The molecule has 1 rings (SSSR count). The van der Waals surface area contributed by atoms with Crippen molar-refractivity contribution in [3.05, 3.63) is 0 Å². The van der Waals surface area contributed by atoms with E-state index in [0.29, 0.717) is 0 Å². The molecule has 1 heterocycles. The largest absolute Gasteiger partial charge is 0.393 e. The van der Waals surface area contributed by atoms with Crippen LogP contribution in [0.15, 0.2) is 0 Å². The summed E-state index contributed by atoms with van der Waals surface area (Å²) in [6.07, 6.45) is -5.95. The number of β-amino-alcohol motifs (C(OH)–C–C–N with tert-alkyl or cyclic N) is 1. The predicted octanol–water partition coefficient (Wildman–Crippen LogP) is -0.327. The molecule has 14 heavy (non-hydrogen) atoms. The third kappa shape index (κ3) is 2.23. The number of aliphatic hydroxyl groups is 1. The van der Waals surface area contributed by atoms with Gasteiger partial charge in [0.2, 0.25) is 0 Å². The molecule has 1 aliphatic rings. The van der Waals surface area contributed by atoms with Gasteiger partial charge in [0.1, 0.15) is 6.29 Å². The molecule has 0 bridgehead atoms. The normalized spacial score (nSPS) is 35.6. The van der Waals surface area contributed by atoms with Crippen molar-refractivity contribution in [2.75, 3.05) is 6.54 Å². The Morgan fingerprint density at radius 1 is 1.50 bits per heavy atom. The summed E-state index contributed by atoms with van der Waals surface area (Å²) in [5.74, 6) is 3.33. The molecular weight excluding hydrogens is 201 g/mol. The Bertz CT molecular complexity index is 221. The van der Waals surface area contributed by atoms with Gasteiger partial charge in [-0.05, 0) is 6.42 Å². The number of piperidine rings is 1. The summed E-state index contributed by atoms with van der Waals surface area (Å²) in [6.45, 7) is -0.115. The van der Waals surface area contributed by atoms with Gasteiger partial charge in [-0.2, -0.15) is 13.2 Å². The Labute approximate surface area is 78.4 Å². The zero-order chi connectivity index (χ0) is 10.9. The minimum absolute atomic E-state index is 0.115. The standard InChI is InChI=1S/C7H11F3N2O2/c8-7(9,10)5-1-4(14)2-12(11)6(5)3-13/h3-6,14H,1-2,11H2. The number of hydrazine groups is 1.